The fourth-order valence-electron chi connectivity index (χ4n) is 1.65. The number of hydrogen-bond acceptors (Lipinski definition) is 4. The van der Waals surface area contributed by atoms with Gasteiger partial charge in [-0.2, -0.15) is 0 Å². The molecule has 4 nitrogen and oxygen atoms in total. The summed E-state index contributed by atoms with van der Waals surface area (Å²) in [5.41, 5.74) is 1.61. The van der Waals surface area contributed by atoms with Gasteiger partial charge < -0.3 is 9.73 Å². The fourth-order valence-corrected chi connectivity index (χ4v) is 1.83. The molecule has 0 spiro atoms. The molecule has 0 saturated carbocycles. The SMILES string of the molecule is Clc1ccccc1Nc1nnc(-c2ccccc2)o1. The maximum absolute atomic E-state index is 6.05. The average Bonchev–Trinajstić information content (AvgIpc) is 2.91. The first kappa shape index (κ1) is 11.7. The molecular formula is C14H10ClN3O. The number of anilines is 2. The second-order valence-electron chi connectivity index (χ2n) is 3.88. The molecule has 0 bridgehead atoms. The highest BCUT2D eigenvalue weighted by Crippen LogP contribution is 2.26. The van der Waals surface area contributed by atoms with E-state index < -0.39 is 0 Å². The first-order valence-corrected chi connectivity index (χ1v) is 6.11. The van der Waals surface area contributed by atoms with Crippen LogP contribution in [0.15, 0.2) is 59.0 Å². The van der Waals surface area contributed by atoms with Gasteiger partial charge in [-0.25, -0.2) is 0 Å². The van der Waals surface area contributed by atoms with Gasteiger partial charge in [-0.15, -0.1) is 5.10 Å². The fraction of sp³-hybridized carbons (Fsp3) is 0. The number of aromatic nitrogens is 2. The van der Waals surface area contributed by atoms with Gasteiger partial charge in [0, 0.05) is 5.56 Å². The Kier molecular flexibility index (Phi) is 3.16. The van der Waals surface area contributed by atoms with E-state index in [9.17, 15) is 0 Å². The average molecular weight is 272 g/mol. The topological polar surface area (TPSA) is 51.0 Å². The molecule has 0 unspecified atom stereocenters. The molecule has 3 rings (SSSR count). The summed E-state index contributed by atoms with van der Waals surface area (Å²) in [6, 6.07) is 17.3. The smallest absolute Gasteiger partial charge is 0.320 e. The van der Waals surface area contributed by atoms with E-state index in [4.69, 9.17) is 16.0 Å². The van der Waals surface area contributed by atoms with Gasteiger partial charge in [0.2, 0.25) is 5.89 Å². The zero-order chi connectivity index (χ0) is 13.1. The Morgan fingerprint density at radius 3 is 2.42 bits per heavy atom. The number of hydrogen-bond donors (Lipinski definition) is 1. The van der Waals surface area contributed by atoms with Gasteiger partial charge in [-0.1, -0.05) is 47.0 Å². The molecular weight excluding hydrogens is 262 g/mol. The molecule has 0 atom stereocenters. The first-order chi connectivity index (χ1) is 9.33. The number of para-hydroxylation sites is 1. The number of rotatable bonds is 3. The van der Waals surface area contributed by atoms with Gasteiger partial charge in [-0.05, 0) is 24.3 Å². The van der Waals surface area contributed by atoms with Gasteiger partial charge in [0.1, 0.15) is 0 Å². The standard InChI is InChI=1S/C14H10ClN3O/c15-11-8-4-5-9-12(11)16-14-18-17-13(19-14)10-6-2-1-3-7-10/h1-9H,(H,16,18). The van der Waals surface area contributed by atoms with Crippen LogP contribution in [-0.4, -0.2) is 10.2 Å². The van der Waals surface area contributed by atoms with E-state index in [2.05, 4.69) is 15.5 Å². The summed E-state index contributed by atoms with van der Waals surface area (Å²) >= 11 is 6.05. The second kappa shape index (κ2) is 5.12. The van der Waals surface area contributed by atoms with E-state index in [0.29, 0.717) is 16.9 Å². The molecule has 3 aromatic rings. The molecule has 2 aromatic carbocycles. The molecule has 0 radical (unpaired) electrons. The van der Waals surface area contributed by atoms with Crippen LogP contribution in [0.2, 0.25) is 5.02 Å². The molecule has 1 heterocycles. The van der Waals surface area contributed by atoms with Crippen LogP contribution in [-0.2, 0) is 0 Å². The molecule has 0 saturated heterocycles. The Bertz CT molecular complexity index is 682. The van der Waals surface area contributed by atoms with Crippen LogP contribution in [0.5, 0.6) is 0 Å². The van der Waals surface area contributed by atoms with Crippen LogP contribution in [0.25, 0.3) is 11.5 Å². The minimum absolute atomic E-state index is 0.312. The molecule has 0 aliphatic rings. The summed E-state index contributed by atoms with van der Waals surface area (Å²) in [4.78, 5) is 0. The maximum Gasteiger partial charge on any atom is 0.320 e. The Hall–Kier alpha value is -2.33. The van der Waals surface area contributed by atoms with E-state index in [0.717, 1.165) is 11.3 Å². The van der Waals surface area contributed by atoms with Crippen molar-refractivity contribution in [1.82, 2.24) is 10.2 Å². The maximum atomic E-state index is 6.05. The summed E-state index contributed by atoms with van der Waals surface area (Å²) in [5.74, 6) is 0.468. The van der Waals surface area contributed by atoms with Crippen molar-refractivity contribution in [3.05, 3.63) is 59.6 Å². The molecule has 0 aliphatic carbocycles. The van der Waals surface area contributed by atoms with E-state index in [-0.39, 0.29) is 0 Å². The van der Waals surface area contributed by atoms with Gasteiger partial charge >= 0.3 is 6.01 Å². The van der Waals surface area contributed by atoms with E-state index in [1.165, 1.54) is 0 Å². The van der Waals surface area contributed by atoms with Gasteiger partial charge in [-0.3, -0.25) is 0 Å². The van der Waals surface area contributed by atoms with Crippen molar-refractivity contribution in [3.8, 4) is 11.5 Å². The Labute approximate surface area is 115 Å². The quantitative estimate of drug-likeness (QED) is 0.778. The van der Waals surface area contributed by atoms with E-state index in [1.54, 1.807) is 6.07 Å². The van der Waals surface area contributed by atoms with Crippen LogP contribution in [0, 0.1) is 0 Å². The third-order valence-corrected chi connectivity index (χ3v) is 2.89. The third kappa shape index (κ3) is 2.58. The lowest BCUT2D eigenvalue weighted by Crippen LogP contribution is -1.90. The van der Waals surface area contributed by atoms with Gasteiger partial charge in [0.15, 0.2) is 0 Å². The van der Waals surface area contributed by atoms with Crippen LogP contribution in [0.4, 0.5) is 11.7 Å². The molecule has 0 aliphatic heterocycles. The molecule has 0 amide bonds. The number of benzene rings is 2. The minimum atomic E-state index is 0.312. The van der Waals surface area contributed by atoms with E-state index >= 15 is 0 Å². The van der Waals surface area contributed by atoms with Gasteiger partial charge in [0.25, 0.3) is 0 Å². The van der Waals surface area contributed by atoms with Crippen LogP contribution < -0.4 is 5.32 Å². The van der Waals surface area contributed by atoms with Crippen molar-refractivity contribution >= 4 is 23.3 Å². The predicted molar refractivity (Wildman–Crippen MR) is 74.5 cm³/mol. The van der Waals surface area contributed by atoms with Crippen molar-refractivity contribution in [2.75, 3.05) is 5.32 Å². The Morgan fingerprint density at radius 2 is 1.63 bits per heavy atom. The molecule has 5 heteroatoms. The summed E-state index contributed by atoms with van der Waals surface area (Å²) in [6.07, 6.45) is 0. The lowest BCUT2D eigenvalue weighted by Gasteiger charge is -2.02. The van der Waals surface area contributed by atoms with Crippen LogP contribution in [0.1, 0.15) is 0 Å². The van der Waals surface area contributed by atoms with Crippen molar-refractivity contribution in [3.63, 3.8) is 0 Å². The lowest BCUT2D eigenvalue weighted by atomic mass is 10.2. The first-order valence-electron chi connectivity index (χ1n) is 5.73. The molecule has 94 valence electrons. The molecule has 19 heavy (non-hydrogen) atoms. The summed E-state index contributed by atoms with van der Waals surface area (Å²) in [7, 11) is 0. The van der Waals surface area contributed by atoms with Gasteiger partial charge in [0.05, 0.1) is 10.7 Å². The summed E-state index contributed by atoms with van der Waals surface area (Å²) in [6.45, 7) is 0. The van der Waals surface area contributed by atoms with Crippen molar-refractivity contribution < 1.29 is 4.42 Å². The largest absolute Gasteiger partial charge is 0.403 e. The lowest BCUT2D eigenvalue weighted by molar-refractivity contribution is 0.587. The third-order valence-electron chi connectivity index (χ3n) is 2.56. The Balaban J connectivity index is 1.85. The normalized spacial score (nSPS) is 10.4. The molecule has 1 N–H and O–H groups in total. The minimum Gasteiger partial charge on any atom is -0.403 e. The number of nitrogens with zero attached hydrogens (tertiary/aromatic N) is 2. The van der Waals surface area contributed by atoms with E-state index in [1.807, 2.05) is 48.5 Å². The zero-order valence-corrected chi connectivity index (χ0v) is 10.6. The van der Waals surface area contributed by atoms with Crippen molar-refractivity contribution in [2.45, 2.75) is 0 Å². The van der Waals surface area contributed by atoms with Crippen molar-refractivity contribution in [2.24, 2.45) is 0 Å². The second-order valence-corrected chi connectivity index (χ2v) is 4.29. The monoisotopic (exact) mass is 271 g/mol. The van der Waals surface area contributed by atoms with Crippen molar-refractivity contribution in [1.29, 1.82) is 0 Å². The summed E-state index contributed by atoms with van der Waals surface area (Å²) in [5, 5.41) is 11.5. The molecule has 0 fully saturated rings. The number of nitrogens with one attached hydrogen (secondary N) is 1. The van der Waals surface area contributed by atoms with Crippen LogP contribution in [0.3, 0.4) is 0 Å². The number of halogens is 1. The van der Waals surface area contributed by atoms with Crippen LogP contribution >= 0.6 is 11.6 Å². The highest BCUT2D eigenvalue weighted by molar-refractivity contribution is 6.33. The zero-order valence-electron chi connectivity index (χ0n) is 9.88. The highest BCUT2D eigenvalue weighted by atomic mass is 35.5. The highest BCUT2D eigenvalue weighted by Gasteiger charge is 2.09. The predicted octanol–water partition coefficient (Wildman–Crippen LogP) is 4.13. The Morgan fingerprint density at radius 1 is 0.895 bits per heavy atom. The molecule has 1 aromatic heterocycles. The summed E-state index contributed by atoms with van der Waals surface area (Å²) < 4.78 is 5.54.